The van der Waals surface area contributed by atoms with Crippen LogP contribution in [0, 0.1) is 0 Å². The minimum absolute atomic E-state index is 0.225. The molecule has 8 heteroatoms. The zero-order valence-corrected chi connectivity index (χ0v) is 22.1. The maximum Gasteiger partial charge on any atom is 0.320 e. The lowest BCUT2D eigenvalue weighted by Gasteiger charge is -2.13. The van der Waals surface area contributed by atoms with Gasteiger partial charge in [-0.3, -0.25) is 4.79 Å². The van der Waals surface area contributed by atoms with E-state index in [-0.39, 0.29) is 13.2 Å². The minimum Gasteiger partial charge on any atom is -0.493 e. The second-order valence-corrected chi connectivity index (χ2v) is 9.53. The third-order valence-electron chi connectivity index (χ3n) is 6.60. The van der Waals surface area contributed by atoms with Crippen molar-refractivity contribution < 1.29 is 28.8 Å². The first-order valence-corrected chi connectivity index (χ1v) is 13.4. The standard InChI is InChI=1S/C32H32N2O6/c33-26(32(35)36)17-24-11-5-6-12-28(24)37-15-7-2-8-16-38-31-20-25(18-27(34-31)22-9-3-1-4-10-22)23-13-14-29-30(19-23)40-21-39-29/h1,3-6,9-14,18-20,26H,2,7-8,15-17,21,33H2,(H,35,36). The zero-order chi connectivity index (χ0) is 27.7. The number of nitrogens with two attached hydrogens (primary N) is 1. The predicted octanol–water partition coefficient (Wildman–Crippen LogP) is 5.73. The van der Waals surface area contributed by atoms with E-state index in [1.807, 2.05) is 78.9 Å². The fourth-order valence-electron chi connectivity index (χ4n) is 4.46. The second-order valence-electron chi connectivity index (χ2n) is 9.53. The number of ether oxygens (including phenoxy) is 4. The normalized spacial score (nSPS) is 12.6. The first-order chi connectivity index (χ1) is 19.6. The number of hydrogen-bond acceptors (Lipinski definition) is 7. The van der Waals surface area contributed by atoms with Gasteiger partial charge < -0.3 is 29.8 Å². The Bertz CT molecular complexity index is 1440. The van der Waals surface area contributed by atoms with E-state index in [1.54, 1.807) is 0 Å². The Labute approximate surface area is 233 Å². The number of carbonyl (C=O) groups is 1. The predicted molar refractivity (Wildman–Crippen MR) is 152 cm³/mol. The molecule has 3 aromatic carbocycles. The van der Waals surface area contributed by atoms with Gasteiger partial charge in [-0.2, -0.15) is 0 Å². The molecule has 1 aromatic heterocycles. The van der Waals surface area contributed by atoms with Gasteiger partial charge in [0.1, 0.15) is 11.8 Å². The number of aliphatic carboxylic acids is 1. The largest absolute Gasteiger partial charge is 0.493 e. The highest BCUT2D eigenvalue weighted by molar-refractivity contribution is 5.74. The van der Waals surface area contributed by atoms with E-state index < -0.39 is 12.0 Å². The molecule has 0 saturated carbocycles. The van der Waals surface area contributed by atoms with Crippen molar-refractivity contribution in [3.05, 3.63) is 90.5 Å². The van der Waals surface area contributed by atoms with Crippen LogP contribution in [0.5, 0.6) is 23.1 Å². The van der Waals surface area contributed by atoms with Gasteiger partial charge in [0.2, 0.25) is 12.7 Å². The number of unbranched alkanes of at least 4 members (excludes halogenated alkanes) is 2. The summed E-state index contributed by atoms with van der Waals surface area (Å²) in [6, 6.07) is 26.4. The number of carboxylic acids is 1. The molecule has 0 bridgehead atoms. The quantitative estimate of drug-likeness (QED) is 0.207. The van der Waals surface area contributed by atoms with E-state index in [9.17, 15) is 4.79 Å². The highest BCUT2D eigenvalue weighted by Crippen LogP contribution is 2.37. The molecular weight excluding hydrogens is 508 g/mol. The van der Waals surface area contributed by atoms with Gasteiger partial charge in [-0.1, -0.05) is 54.6 Å². The number of benzene rings is 3. The molecule has 0 amide bonds. The number of nitrogens with zero attached hydrogens (tertiary/aromatic N) is 1. The van der Waals surface area contributed by atoms with Crippen LogP contribution in [0.25, 0.3) is 22.4 Å². The molecule has 5 rings (SSSR count). The van der Waals surface area contributed by atoms with Gasteiger partial charge in [0.25, 0.3) is 0 Å². The first kappa shape index (κ1) is 27.0. The molecule has 0 spiro atoms. The molecule has 0 aliphatic carbocycles. The lowest BCUT2D eigenvalue weighted by molar-refractivity contribution is -0.138. The zero-order valence-electron chi connectivity index (χ0n) is 22.1. The van der Waals surface area contributed by atoms with Gasteiger partial charge in [0.05, 0.1) is 18.9 Å². The van der Waals surface area contributed by atoms with Gasteiger partial charge in [-0.25, -0.2) is 4.98 Å². The van der Waals surface area contributed by atoms with E-state index in [4.69, 9.17) is 34.8 Å². The molecule has 1 unspecified atom stereocenters. The van der Waals surface area contributed by atoms with Crippen molar-refractivity contribution in [2.24, 2.45) is 5.73 Å². The fourth-order valence-corrected chi connectivity index (χ4v) is 4.46. The summed E-state index contributed by atoms with van der Waals surface area (Å²) < 4.78 is 23.0. The van der Waals surface area contributed by atoms with Crippen LogP contribution in [0.3, 0.4) is 0 Å². The average molecular weight is 541 g/mol. The van der Waals surface area contributed by atoms with Crippen LogP contribution in [-0.4, -0.2) is 42.1 Å². The van der Waals surface area contributed by atoms with Crippen molar-refractivity contribution in [2.75, 3.05) is 20.0 Å². The van der Waals surface area contributed by atoms with Gasteiger partial charge in [-0.05, 0) is 60.2 Å². The first-order valence-electron chi connectivity index (χ1n) is 13.4. The smallest absolute Gasteiger partial charge is 0.320 e. The Morgan fingerprint density at radius 3 is 2.40 bits per heavy atom. The summed E-state index contributed by atoms with van der Waals surface area (Å²) in [6.45, 7) is 1.28. The number of para-hydroxylation sites is 1. The molecule has 8 nitrogen and oxygen atoms in total. The summed E-state index contributed by atoms with van der Waals surface area (Å²) in [6.07, 6.45) is 2.81. The lowest BCUT2D eigenvalue weighted by Crippen LogP contribution is -2.32. The molecule has 0 saturated heterocycles. The maximum absolute atomic E-state index is 11.1. The summed E-state index contributed by atoms with van der Waals surface area (Å²) in [5, 5.41) is 9.10. The van der Waals surface area contributed by atoms with Crippen molar-refractivity contribution in [2.45, 2.75) is 31.7 Å². The Morgan fingerprint density at radius 1 is 0.825 bits per heavy atom. The van der Waals surface area contributed by atoms with Crippen molar-refractivity contribution in [1.29, 1.82) is 0 Å². The van der Waals surface area contributed by atoms with E-state index in [0.29, 0.717) is 24.8 Å². The highest BCUT2D eigenvalue weighted by atomic mass is 16.7. The van der Waals surface area contributed by atoms with Crippen LogP contribution in [0.4, 0.5) is 0 Å². The van der Waals surface area contributed by atoms with E-state index in [0.717, 1.165) is 58.7 Å². The third-order valence-corrected chi connectivity index (χ3v) is 6.60. The number of aromatic nitrogens is 1. The topological polar surface area (TPSA) is 113 Å². The average Bonchev–Trinajstić information content (AvgIpc) is 3.46. The number of rotatable bonds is 13. The number of hydrogen-bond donors (Lipinski definition) is 2. The van der Waals surface area contributed by atoms with Crippen LogP contribution in [0.2, 0.25) is 0 Å². The van der Waals surface area contributed by atoms with E-state index in [1.165, 1.54) is 0 Å². The second kappa shape index (κ2) is 13.0. The summed E-state index contributed by atoms with van der Waals surface area (Å²) >= 11 is 0. The van der Waals surface area contributed by atoms with Crippen molar-refractivity contribution in [3.63, 3.8) is 0 Å². The van der Waals surface area contributed by atoms with Crippen molar-refractivity contribution in [3.8, 4) is 45.5 Å². The summed E-state index contributed by atoms with van der Waals surface area (Å²) in [5.74, 6) is 1.69. The molecule has 4 aromatic rings. The number of carboxylic acid groups (broad SMARTS) is 1. The number of fused-ring (bicyclic) bond motifs is 1. The Morgan fingerprint density at radius 2 is 1.57 bits per heavy atom. The Kier molecular flexibility index (Phi) is 8.78. The fraction of sp³-hybridized carbons (Fsp3) is 0.250. The van der Waals surface area contributed by atoms with E-state index >= 15 is 0 Å². The highest BCUT2D eigenvalue weighted by Gasteiger charge is 2.16. The van der Waals surface area contributed by atoms with Crippen LogP contribution in [-0.2, 0) is 11.2 Å². The molecule has 0 radical (unpaired) electrons. The van der Waals surface area contributed by atoms with Gasteiger partial charge >= 0.3 is 5.97 Å². The third kappa shape index (κ3) is 6.90. The molecule has 2 heterocycles. The molecule has 1 aliphatic heterocycles. The molecule has 3 N–H and O–H groups in total. The summed E-state index contributed by atoms with van der Waals surface area (Å²) in [7, 11) is 0. The van der Waals surface area contributed by atoms with Crippen LogP contribution in [0.15, 0.2) is 84.9 Å². The SMILES string of the molecule is NC(Cc1ccccc1OCCCCCOc1cc(-c2ccc3c(c2)OCO3)cc(-c2ccccc2)n1)C(=O)O. The van der Waals surface area contributed by atoms with Crippen molar-refractivity contribution >= 4 is 5.97 Å². The van der Waals surface area contributed by atoms with Crippen LogP contribution < -0.4 is 24.7 Å². The molecule has 0 fully saturated rings. The van der Waals surface area contributed by atoms with Gasteiger partial charge in [0.15, 0.2) is 11.5 Å². The van der Waals surface area contributed by atoms with Crippen molar-refractivity contribution in [1.82, 2.24) is 4.98 Å². The minimum atomic E-state index is -1.03. The summed E-state index contributed by atoms with van der Waals surface area (Å²) in [5.41, 5.74) is 10.3. The Hall–Kier alpha value is -4.56. The maximum atomic E-state index is 11.1. The van der Waals surface area contributed by atoms with Crippen LogP contribution >= 0.6 is 0 Å². The molecule has 1 aliphatic rings. The van der Waals surface area contributed by atoms with E-state index in [2.05, 4.69) is 6.07 Å². The van der Waals surface area contributed by atoms with Gasteiger partial charge in [-0.15, -0.1) is 0 Å². The molecule has 1 atom stereocenters. The summed E-state index contributed by atoms with van der Waals surface area (Å²) in [4.78, 5) is 15.9. The molecular formula is C32H32N2O6. The monoisotopic (exact) mass is 540 g/mol. The molecule has 206 valence electrons. The Balaban J connectivity index is 1.17. The molecule has 40 heavy (non-hydrogen) atoms. The van der Waals surface area contributed by atoms with Crippen LogP contribution in [0.1, 0.15) is 24.8 Å². The number of pyridine rings is 1. The van der Waals surface area contributed by atoms with Gasteiger partial charge in [0, 0.05) is 18.1 Å². The lowest BCUT2D eigenvalue weighted by atomic mass is 10.0.